The van der Waals surface area contributed by atoms with E-state index in [-0.39, 0.29) is 17.6 Å². The Morgan fingerprint density at radius 1 is 1.06 bits per heavy atom. The van der Waals surface area contributed by atoms with E-state index in [1.165, 1.54) is 18.0 Å². The van der Waals surface area contributed by atoms with Crippen LogP contribution in [-0.2, 0) is 0 Å². The van der Waals surface area contributed by atoms with Gasteiger partial charge in [0.1, 0.15) is 17.7 Å². The van der Waals surface area contributed by atoms with Crippen molar-refractivity contribution >= 4 is 46.7 Å². The molecule has 4 nitrogen and oxygen atoms in total. The number of halogens is 3. The summed E-state index contributed by atoms with van der Waals surface area (Å²) in [5.41, 5.74) is 2.01. The van der Waals surface area contributed by atoms with Crippen LogP contribution in [0.15, 0.2) is 30.3 Å². The van der Waals surface area contributed by atoms with Crippen LogP contribution >= 0.6 is 35.1 Å². The van der Waals surface area contributed by atoms with Gasteiger partial charge in [0, 0.05) is 33.6 Å². The zero-order valence-corrected chi connectivity index (χ0v) is 19.9. The average Bonchev–Trinajstić information content (AvgIpc) is 3.66. The maximum atomic E-state index is 14.9. The molecule has 1 N–H and O–H groups in total. The largest absolute Gasteiger partial charge is 0.488 e. The SMILES string of the molecule is O=C(NSC1CC1)c1cc(C2CC2)c(O[C@@H]2CCCN(c3cc(Cl)cc(Cl)c3)C2)cc1F. The van der Waals surface area contributed by atoms with Gasteiger partial charge in [0.25, 0.3) is 5.91 Å². The standard InChI is InChI=1S/C24H25Cl2FN2O2S/c25-15-8-16(26)10-17(9-15)29-7-1-2-18(13-29)31-23-12-22(27)21(11-20(23)14-3-4-14)24(30)28-32-19-5-6-19/h8-12,14,18-19H,1-7,13H2,(H,28,30)/t18-/m1/s1. The molecule has 8 heteroatoms. The summed E-state index contributed by atoms with van der Waals surface area (Å²) in [6.45, 7) is 1.56. The second-order valence-corrected chi connectivity index (χ2v) is 10.8. The molecule has 1 aliphatic heterocycles. The lowest BCUT2D eigenvalue weighted by Crippen LogP contribution is -2.41. The fourth-order valence-corrected chi connectivity index (χ4v) is 5.38. The Morgan fingerprint density at radius 3 is 2.50 bits per heavy atom. The molecule has 0 unspecified atom stereocenters. The Kier molecular flexibility index (Phi) is 6.46. The number of rotatable bonds is 7. The minimum absolute atomic E-state index is 0.0801. The van der Waals surface area contributed by atoms with Crippen molar-refractivity contribution in [1.82, 2.24) is 4.72 Å². The predicted octanol–water partition coefficient (Wildman–Crippen LogP) is 6.60. The summed E-state index contributed by atoms with van der Waals surface area (Å²) in [7, 11) is 0. The fraction of sp³-hybridized carbons (Fsp3) is 0.458. The van der Waals surface area contributed by atoms with Gasteiger partial charge in [-0.25, -0.2) is 4.39 Å². The van der Waals surface area contributed by atoms with E-state index in [0.29, 0.717) is 33.5 Å². The summed E-state index contributed by atoms with van der Waals surface area (Å²) in [6, 6.07) is 8.62. The number of carbonyl (C=O) groups is 1. The van der Waals surface area contributed by atoms with Crippen molar-refractivity contribution < 1.29 is 13.9 Å². The van der Waals surface area contributed by atoms with Gasteiger partial charge < -0.3 is 9.64 Å². The molecule has 1 atom stereocenters. The van der Waals surface area contributed by atoms with Crippen LogP contribution in [-0.4, -0.2) is 30.4 Å². The Balaban J connectivity index is 1.32. The van der Waals surface area contributed by atoms with Gasteiger partial charge >= 0.3 is 0 Å². The first-order valence-electron chi connectivity index (χ1n) is 11.1. The number of carbonyl (C=O) groups excluding carboxylic acids is 1. The zero-order chi connectivity index (χ0) is 22.2. The van der Waals surface area contributed by atoms with Gasteiger partial charge in [-0.15, -0.1) is 0 Å². The fourth-order valence-electron chi connectivity index (χ4n) is 4.11. The zero-order valence-electron chi connectivity index (χ0n) is 17.6. The molecule has 3 aliphatic rings. The number of hydrogen-bond acceptors (Lipinski definition) is 4. The summed E-state index contributed by atoms with van der Waals surface area (Å²) in [6.07, 6.45) is 6.05. The summed E-state index contributed by atoms with van der Waals surface area (Å²) < 4.78 is 24.0. The van der Waals surface area contributed by atoms with Crippen molar-refractivity contribution in [2.24, 2.45) is 0 Å². The van der Waals surface area contributed by atoms with Crippen molar-refractivity contribution in [2.75, 3.05) is 18.0 Å². The second kappa shape index (κ2) is 9.32. The van der Waals surface area contributed by atoms with Gasteiger partial charge in [0.05, 0.1) is 12.1 Å². The van der Waals surface area contributed by atoms with Crippen LogP contribution in [0.25, 0.3) is 0 Å². The van der Waals surface area contributed by atoms with Crippen molar-refractivity contribution in [3.05, 3.63) is 57.3 Å². The highest BCUT2D eigenvalue weighted by Gasteiger charge is 2.32. The smallest absolute Gasteiger partial charge is 0.264 e. The molecule has 1 saturated heterocycles. The van der Waals surface area contributed by atoms with Crippen LogP contribution in [0.4, 0.5) is 10.1 Å². The molecular weight excluding hydrogens is 470 g/mol. The molecule has 1 amide bonds. The van der Waals surface area contributed by atoms with Gasteiger partial charge in [-0.2, -0.15) is 0 Å². The van der Waals surface area contributed by atoms with E-state index in [1.54, 1.807) is 12.1 Å². The average molecular weight is 495 g/mol. The van der Waals surface area contributed by atoms with Crippen LogP contribution < -0.4 is 14.4 Å². The van der Waals surface area contributed by atoms with Crippen molar-refractivity contribution in [1.29, 1.82) is 0 Å². The minimum atomic E-state index is -0.535. The summed E-state index contributed by atoms with van der Waals surface area (Å²) in [4.78, 5) is 14.7. The molecule has 5 rings (SSSR count). The molecule has 0 radical (unpaired) electrons. The number of amides is 1. The molecule has 2 aromatic carbocycles. The predicted molar refractivity (Wildman–Crippen MR) is 129 cm³/mol. The molecular formula is C24H25Cl2FN2O2S. The molecule has 3 fully saturated rings. The highest BCUT2D eigenvalue weighted by atomic mass is 35.5. The first-order chi connectivity index (χ1) is 15.5. The van der Waals surface area contributed by atoms with Crippen LogP contribution in [0, 0.1) is 5.82 Å². The minimum Gasteiger partial charge on any atom is -0.488 e. The van der Waals surface area contributed by atoms with E-state index in [0.717, 1.165) is 56.3 Å². The lowest BCUT2D eigenvalue weighted by Gasteiger charge is -2.35. The highest BCUT2D eigenvalue weighted by Crippen LogP contribution is 2.46. The lowest BCUT2D eigenvalue weighted by atomic mass is 10.0. The van der Waals surface area contributed by atoms with E-state index in [1.807, 2.05) is 12.1 Å². The van der Waals surface area contributed by atoms with Crippen molar-refractivity contribution in [2.45, 2.75) is 55.8 Å². The Labute approximate surface area is 201 Å². The van der Waals surface area contributed by atoms with Gasteiger partial charge in [-0.05, 0) is 86.2 Å². The molecule has 2 saturated carbocycles. The van der Waals surface area contributed by atoms with Gasteiger partial charge in [0.2, 0.25) is 0 Å². The quantitative estimate of drug-likeness (QED) is 0.440. The third kappa shape index (κ3) is 5.29. The molecule has 0 spiro atoms. The summed E-state index contributed by atoms with van der Waals surface area (Å²) in [5, 5.41) is 1.67. The second-order valence-electron chi connectivity index (χ2n) is 8.85. The van der Waals surface area contributed by atoms with Crippen molar-refractivity contribution in [3.63, 3.8) is 0 Å². The molecule has 0 bridgehead atoms. The lowest BCUT2D eigenvalue weighted by molar-refractivity contribution is 0.0980. The van der Waals surface area contributed by atoms with E-state index in [2.05, 4.69) is 9.62 Å². The first-order valence-corrected chi connectivity index (χ1v) is 12.8. The number of anilines is 1. The molecule has 170 valence electrons. The van der Waals surface area contributed by atoms with Crippen LogP contribution in [0.1, 0.15) is 60.4 Å². The van der Waals surface area contributed by atoms with Crippen molar-refractivity contribution in [3.8, 4) is 5.75 Å². The molecule has 0 aromatic heterocycles. The molecule has 1 heterocycles. The van der Waals surface area contributed by atoms with E-state index in [9.17, 15) is 9.18 Å². The molecule has 32 heavy (non-hydrogen) atoms. The summed E-state index contributed by atoms with van der Waals surface area (Å²) >= 11 is 13.8. The molecule has 2 aromatic rings. The Hall–Kier alpha value is -1.63. The van der Waals surface area contributed by atoms with Crippen LogP contribution in [0.5, 0.6) is 5.75 Å². The number of ether oxygens (including phenoxy) is 1. The van der Waals surface area contributed by atoms with Crippen LogP contribution in [0.3, 0.4) is 0 Å². The topological polar surface area (TPSA) is 41.6 Å². The third-order valence-corrected chi connectivity index (χ3v) is 7.63. The maximum Gasteiger partial charge on any atom is 0.264 e. The number of nitrogens with one attached hydrogen (secondary N) is 1. The summed E-state index contributed by atoms with van der Waals surface area (Å²) in [5.74, 6) is -0.00542. The first kappa shape index (κ1) is 22.2. The monoisotopic (exact) mass is 494 g/mol. The van der Waals surface area contributed by atoms with Gasteiger partial charge in [-0.1, -0.05) is 23.2 Å². The van der Waals surface area contributed by atoms with Gasteiger partial charge in [0.15, 0.2) is 0 Å². The van der Waals surface area contributed by atoms with E-state index < -0.39 is 5.82 Å². The number of nitrogens with zero attached hydrogens (tertiary/aromatic N) is 1. The number of benzene rings is 2. The van der Waals surface area contributed by atoms with Gasteiger partial charge in [-0.3, -0.25) is 9.52 Å². The highest BCUT2D eigenvalue weighted by molar-refractivity contribution is 7.98. The van der Waals surface area contributed by atoms with E-state index >= 15 is 0 Å². The normalized spacial score (nSPS) is 20.8. The maximum absolute atomic E-state index is 14.9. The number of piperidine rings is 1. The number of hydrogen-bond donors (Lipinski definition) is 1. The van der Waals surface area contributed by atoms with Crippen LogP contribution in [0.2, 0.25) is 10.0 Å². The van der Waals surface area contributed by atoms with E-state index in [4.69, 9.17) is 27.9 Å². The third-order valence-electron chi connectivity index (χ3n) is 6.09. The molecule has 2 aliphatic carbocycles. The Bertz CT molecular complexity index is 1010. The Morgan fingerprint density at radius 2 is 1.81 bits per heavy atom.